The van der Waals surface area contributed by atoms with E-state index in [0.29, 0.717) is 29.8 Å². The van der Waals surface area contributed by atoms with Crippen LogP contribution in [-0.4, -0.2) is 30.5 Å². The maximum Gasteiger partial charge on any atom is 0.339 e. The van der Waals surface area contributed by atoms with Crippen LogP contribution in [0.3, 0.4) is 0 Å². The number of carbonyl (C=O) groups is 2. The molecule has 2 heterocycles. The highest BCUT2D eigenvalue weighted by atomic mass is 16.5. The second-order valence-corrected chi connectivity index (χ2v) is 3.61. The summed E-state index contributed by atoms with van der Waals surface area (Å²) in [5, 5.41) is 2.71. The average molecular weight is 220 g/mol. The molecule has 2 rings (SSSR count). The number of hydrogen-bond acceptors (Lipinski definition) is 4. The molecule has 84 valence electrons. The lowest BCUT2D eigenvalue weighted by atomic mass is 10.0. The first-order valence-corrected chi connectivity index (χ1v) is 5.00. The normalized spacial score (nSPS) is 14.0. The largest absolute Gasteiger partial charge is 0.465 e. The van der Waals surface area contributed by atoms with Gasteiger partial charge in [0.1, 0.15) is 0 Å². The molecule has 0 saturated carbocycles. The van der Waals surface area contributed by atoms with Crippen molar-refractivity contribution in [3.05, 3.63) is 28.6 Å². The minimum absolute atomic E-state index is 0.182. The molecule has 0 unspecified atom stereocenters. The molecule has 16 heavy (non-hydrogen) atoms. The van der Waals surface area contributed by atoms with Crippen LogP contribution in [-0.2, 0) is 11.2 Å². The van der Waals surface area contributed by atoms with Crippen LogP contribution in [0.4, 0.5) is 0 Å². The Morgan fingerprint density at radius 3 is 3.00 bits per heavy atom. The van der Waals surface area contributed by atoms with Crippen molar-refractivity contribution in [1.29, 1.82) is 0 Å². The number of nitrogens with one attached hydrogen (secondary N) is 1. The maximum atomic E-state index is 11.6. The summed E-state index contributed by atoms with van der Waals surface area (Å²) in [6.45, 7) is 2.33. The topological polar surface area (TPSA) is 68.3 Å². The summed E-state index contributed by atoms with van der Waals surface area (Å²) in [7, 11) is 1.31. The Morgan fingerprint density at radius 2 is 2.31 bits per heavy atom. The van der Waals surface area contributed by atoms with Crippen LogP contribution >= 0.6 is 0 Å². The molecule has 0 aliphatic carbocycles. The number of pyridine rings is 1. The molecule has 5 nitrogen and oxygen atoms in total. The fraction of sp³-hybridized carbons (Fsp3) is 0.364. The molecule has 0 spiro atoms. The van der Waals surface area contributed by atoms with E-state index in [1.165, 1.54) is 7.11 Å². The van der Waals surface area contributed by atoms with E-state index in [1.807, 2.05) is 0 Å². The van der Waals surface area contributed by atoms with Crippen LogP contribution < -0.4 is 5.32 Å². The highest BCUT2D eigenvalue weighted by Crippen LogP contribution is 2.17. The van der Waals surface area contributed by atoms with Gasteiger partial charge >= 0.3 is 5.97 Å². The van der Waals surface area contributed by atoms with Crippen LogP contribution in [0.25, 0.3) is 0 Å². The monoisotopic (exact) mass is 220 g/mol. The molecule has 0 radical (unpaired) electrons. The van der Waals surface area contributed by atoms with E-state index < -0.39 is 5.97 Å². The van der Waals surface area contributed by atoms with Crippen molar-refractivity contribution >= 4 is 11.9 Å². The molecule has 5 heteroatoms. The zero-order valence-corrected chi connectivity index (χ0v) is 9.16. The zero-order chi connectivity index (χ0) is 11.7. The van der Waals surface area contributed by atoms with Gasteiger partial charge < -0.3 is 10.1 Å². The Labute approximate surface area is 92.8 Å². The van der Waals surface area contributed by atoms with Crippen LogP contribution in [0, 0.1) is 6.92 Å². The molecule has 0 saturated heterocycles. The smallest absolute Gasteiger partial charge is 0.339 e. The molecule has 1 N–H and O–H groups in total. The third-order valence-corrected chi connectivity index (χ3v) is 2.59. The second-order valence-electron chi connectivity index (χ2n) is 3.61. The number of aromatic nitrogens is 1. The summed E-state index contributed by atoms with van der Waals surface area (Å²) in [6, 6.07) is 1.55. The minimum Gasteiger partial charge on any atom is -0.465 e. The van der Waals surface area contributed by atoms with Gasteiger partial charge in [-0.3, -0.25) is 9.78 Å². The number of nitrogens with zero attached hydrogens (tertiary/aromatic N) is 1. The van der Waals surface area contributed by atoms with E-state index in [9.17, 15) is 9.59 Å². The van der Waals surface area contributed by atoms with E-state index in [2.05, 4.69) is 15.0 Å². The number of methoxy groups -OCH3 is 1. The number of fused-ring (bicyclic) bond motifs is 1. The highest BCUT2D eigenvalue weighted by molar-refractivity contribution is 5.99. The quantitative estimate of drug-likeness (QED) is 0.698. The van der Waals surface area contributed by atoms with Crippen molar-refractivity contribution in [2.45, 2.75) is 13.3 Å². The van der Waals surface area contributed by atoms with Crippen LogP contribution in [0.5, 0.6) is 0 Å². The van der Waals surface area contributed by atoms with Gasteiger partial charge in [0.15, 0.2) is 0 Å². The molecule has 1 aliphatic rings. The highest BCUT2D eigenvalue weighted by Gasteiger charge is 2.22. The number of ether oxygens (including phenoxy) is 1. The van der Waals surface area contributed by atoms with Gasteiger partial charge in [-0.15, -0.1) is 0 Å². The molecule has 0 bridgehead atoms. The van der Waals surface area contributed by atoms with Crippen molar-refractivity contribution in [3.8, 4) is 0 Å². The van der Waals surface area contributed by atoms with Crippen molar-refractivity contribution in [2.24, 2.45) is 0 Å². The van der Waals surface area contributed by atoms with E-state index in [4.69, 9.17) is 0 Å². The number of aryl methyl sites for hydroxylation is 1. The molecule has 1 amide bonds. The molecule has 1 aliphatic heterocycles. The fourth-order valence-corrected chi connectivity index (χ4v) is 1.75. The summed E-state index contributed by atoms with van der Waals surface area (Å²) in [5.41, 5.74) is 2.16. The van der Waals surface area contributed by atoms with Gasteiger partial charge in [0.05, 0.1) is 29.6 Å². The Balaban J connectivity index is 2.54. The first kappa shape index (κ1) is 10.6. The van der Waals surface area contributed by atoms with Crippen LogP contribution in [0.2, 0.25) is 0 Å². The third-order valence-electron chi connectivity index (χ3n) is 2.59. The number of rotatable bonds is 1. The van der Waals surface area contributed by atoms with Gasteiger partial charge in [-0.05, 0) is 13.0 Å². The van der Waals surface area contributed by atoms with Crippen LogP contribution in [0.15, 0.2) is 6.07 Å². The Morgan fingerprint density at radius 1 is 1.56 bits per heavy atom. The lowest BCUT2D eigenvalue weighted by Gasteiger charge is -2.17. The average Bonchev–Trinajstić information content (AvgIpc) is 2.28. The number of hydrogen-bond donors (Lipinski definition) is 1. The van der Waals surface area contributed by atoms with Crippen molar-refractivity contribution in [3.63, 3.8) is 0 Å². The predicted octanol–water partition coefficient (Wildman–Crippen LogP) is 0.463. The van der Waals surface area contributed by atoms with E-state index >= 15 is 0 Å². The van der Waals surface area contributed by atoms with Gasteiger partial charge in [0.25, 0.3) is 5.91 Å². The molecule has 0 fully saturated rings. The first-order chi connectivity index (χ1) is 7.63. The molecule has 1 aromatic rings. The standard InChI is InChI=1S/C11H12N2O3/c1-6-7(11(15)16-2)5-8-9(13-6)3-4-12-10(8)14/h5H,3-4H2,1-2H3,(H,12,14). The van der Waals surface area contributed by atoms with Gasteiger partial charge in [-0.25, -0.2) is 4.79 Å². The van der Waals surface area contributed by atoms with Gasteiger partial charge in [-0.1, -0.05) is 0 Å². The minimum atomic E-state index is -0.467. The van der Waals surface area contributed by atoms with Gasteiger partial charge in [0.2, 0.25) is 0 Å². The van der Waals surface area contributed by atoms with Crippen molar-refractivity contribution < 1.29 is 14.3 Å². The zero-order valence-electron chi connectivity index (χ0n) is 9.16. The fourth-order valence-electron chi connectivity index (χ4n) is 1.75. The summed E-state index contributed by atoms with van der Waals surface area (Å²) in [4.78, 5) is 27.3. The third kappa shape index (κ3) is 1.64. The number of amides is 1. The van der Waals surface area contributed by atoms with Crippen molar-refractivity contribution in [2.75, 3.05) is 13.7 Å². The summed E-state index contributed by atoms with van der Waals surface area (Å²) < 4.78 is 4.63. The summed E-state index contributed by atoms with van der Waals surface area (Å²) >= 11 is 0. The van der Waals surface area contributed by atoms with Crippen molar-refractivity contribution in [1.82, 2.24) is 10.3 Å². The lowest BCUT2D eigenvalue weighted by Crippen LogP contribution is -2.33. The lowest BCUT2D eigenvalue weighted by molar-refractivity contribution is 0.0599. The summed E-state index contributed by atoms with van der Waals surface area (Å²) in [5.74, 6) is -0.648. The van der Waals surface area contributed by atoms with Crippen LogP contribution in [0.1, 0.15) is 32.1 Å². The van der Waals surface area contributed by atoms with E-state index in [-0.39, 0.29) is 5.91 Å². The van der Waals surface area contributed by atoms with Gasteiger partial charge in [-0.2, -0.15) is 0 Å². The predicted molar refractivity (Wildman–Crippen MR) is 56.4 cm³/mol. The molecule has 0 aromatic carbocycles. The Kier molecular flexibility index (Phi) is 2.60. The second kappa shape index (κ2) is 3.92. The molecular weight excluding hydrogens is 208 g/mol. The molecular formula is C11H12N2O3. The van der Waals surface area contributed by atoms with Gasteiger partial charge in [0, 0.05) is 13.0 Å². The maximum absolute atomic E-state index is 11.6. The first-order valence-electron chi connectivity index (χ1n) is 5.00. The Bertz CT molecular complexity index is 469. The Hall–Kier alpha value is -1.91. The number of carbonyl (C=O) groups excluding carboxylic acids is 2. The number of esters is 1. The van der Waals surface area contributed by atoms with E-state index in [1.54, 1.807) is 13.0 Å². The SMILES string of the molecule is COC(=O)c1cc2c(nc1C)CCNC2=O. The molecule has 1 aromatic heterocycles. The van der Waals surface area contributed by atoms with E-state index in [0.717, 1.165) is 5.69 Å². The summed E-state index contributed by atoms with van der Waals surface area (Å²) in [6.07, 6.45) is 0.698. The molecule has 0 atom stereocenters.